The fourth-order valence-corrected chi connectivity index (χ4v) is 1.35. The smallest absolute Gasteiger partial charge is 0.252 e. The van der Waals surface area contributed by atoms with Crippen LogP contribution in [0.1, 0.15) is 15.9 Å². The average molecular weight is 299 g/mol. The van der Waals surface area contributed by atoms with Crippen molar-refractivity contribution in [3.63, 3.8) is 0 Å². The van der Waals surface area contributed by atoms with Gasteiger partial charge in [0.1, 0.15) is 0 Å². The molecule has 2 nitrogen and oxygen atoms in total. The van der Waals surface area contributed by atoms with Gasteiger partial charge < -0.3 is 5.32 Å². The number of benzene rings is 1. The van der Waals surface area contributed by atoms with Crippen LogP contribution in [0.4, 0.5) is 0 Å². The molecule has 14 heavy (non-hydrogen) atoms. The molecule has 0 atom stereocenters. The Labute approximate surface area is 97.2 Å². The predicted molar refractivity (Wildman–Crippen MR) is 65.1 cm³/mol. The zero-order valence-corrected chi connectivity index (χ0v) is 9.96. The molecule has 0 aromatic heterocycles. The van der Waals surface area contributed by atoms with Crippen LogP contribution in [0.5, 0.6) is 0 Å². The van der Waals surface area contributed by atoms with Crippen molar-refractivity contribution in [1.29, 1.82) is 0 Å². The van der Waals surface area contributed by atoms with Gasteiger partial charge in [-0.1, -0.05) is 5.92 Å². The molecule has 0 fully saturated rings. The van der Waals surface area contributed by atoms with Gasteiger partial charge in [0.15, 0.2) is 0 Å². The molecule has 0 unspecified atom stereocenters. The Hall–Kier alpha value is -1.02. The minimum absolute atomic E-state index is 0.123. The van der Waals surface area contributed by atoms with Crippen LogP contribution in [0.25, 0.3) is 0 Å². The quantitative estimate of drug-likeness (QED) is 0.656. The summed E-state index contributed by atoms with van der Waals surface area (Å²) in [6, 6.07) is 5.56. The fraction of sp³-hybridized carbons (Fsp3) is 0.182. The van der Waals surface area contributed by atoms with Gasteiger partial charge in [-0.05, 0) is 53.3 Å². The number of hydrogen-bond donors (Lipinski definition) is 1. The number of carbonyl (C=O) groups excluding carboxylic acids is 1. The van der Waals surface area contributed by atoms with Crippen LogP contribution in [0, 0.1) is 22.8 Å². The first-order chi connectivity index (χ1) is 6.65. The Balaban J connectivity index is 2.82. The first-order valence-corrected chi connectivity index (χ1v) is 5.21. The lowest BCUT2D eigenvalue weighted by Gasteiger charge is -2.03. The third kappa shape index (κ3) is 2.74. The van der Waals surface area contributed by atoms with Gasteiger partial charge in [0.2, 0.25) is 0 Å². The van der Waals surface area contributed by atoms with Crippen LogP contribution in [0.2, 0.25) is 0 Å². The highest BCUT2D eigenvalue weighted by atomic mass is 127. The topological polar surface area (TPSA) is 29.1 Å². The van der Waals surface area contributed by atoms with Crippen molar-refractivity contribution in [3.05, 3.63) is 32.9 Å². The van der Waals surface area contributed by atoms with Gasteiger partial charge in [-0.3, -0.25) is 4.79 Å². The zero-order valence-electron chi connectivity index (χ0n) is 7.80. The van der Waals surface area contributed by atoms with E-state index in [1.807, 2.05) is 19.1 Å². The van der Waals surface area contributed by atoms with Gasteiger partial charge in [-0.25, -0.2) is 0 Å². The van der Waals surface area contributed by atoms with E-state index in [1.54, 1.807) is 6.07 Å². The summed E-state index contributed by atoms with van der Waals surface area (Å²) in [7, 11) is 0. The maximum absolute atomic E-state index is 11.5. The van der Waals surface area contributed by atoms with Crippen LogP contribution in [-0.4, -0.2) is 12.5 Å². The van der Waals surface area contributed by atoms with Crippen molar-refractivity contribution in [3.8, 4) is 12.3 Å². The molecule has 0 aliphatic heterocycles. The van der Waals surface area contributed by atoms with Crippen molar-refractivity contribution in [2.24, 2.45) is 0 Å². The Morgan fingerprint density at radius 3 is 2.93 bits per heavy atom. The second kappa shape index (κ2) is 5.01. The lowest BCUT2D eigenvalue weighted by Crippen LogP contribution is -2.23. The van der Waals surface area contributed by atoms with E-state index in [-0.39, 0.29) is 12.5 Å². The highest BCUT2D eigenvalue weighted by molar-refractivity contribution is 14.1. The molecule has 0 aliphatic carbocycles. The molecule has 0 saturated heterocycles. The minimum Gasteiger partial charge on any atom is -0.341 e. The van der Waals surface area contributed by atoms with Gasteiger partial charge in [0.25, 0.3) is 5.91 Å². The van der Waals surface area contributed by atoms with Crippen LogP contribution >= 0.6 is 22.6 Å². The molecule has 0 radical (unpaired) electrons. The monoisotopic (exact) mass is 299 g/mol. The van der Waals surface area contributed by atoms with Gasteiger partial charge in [0.05, 0.1) is 6.54 Å². The van der Waals surface area contributed by atoms with Crippen LogP contribution in [0.15, 0.2) is 18.2 Å². The van der Waals surface area contributed by atoms with E-state index in [0.29, 0.717) is 5.56 Å². The van der Waals surface area contributed by atoms with Gasteiger partial charge in [0, 0.05) is 9.13 Å². The minimum atomic E-state index is -0.123. The van der Waals surface area contributed by atoms with E-state index in [4.69, 9.17) is 6.42 Å². The third-order valence-corrected chi connectivity index (χ3v) is 2.98. The molecule has 1 N–H and O–H groups in total. The molecule has 3 heteroatoms. The Morgan fingerprint density at radius 2 is 2.36 bits per heavy atom. The molecule has 0 heterocycles. The predicted octanol–water partition coefficient (Wildman–Crippen LogP) is 1.96. The summed E-state index contributed by atoms with van der Waals surface area (Å²) in [5.74, 6) is 2.24. The van der Waals surface area contributed by atoms with Gasteiger partial charge in [-0.15, -0.1) is 6.42 Å². The van der Waals surface area contributed by atoms with Crippen LogP contribution < -0.4 is 5.32 Å². The van der Waals surface area contributed by atoms with Crippen LogP contribution in [-0.2, 0) is 0 Å². The number of aryl methyl sites for hydroxylation is 1. The van der Waals surface area contributed by atoms with Crippen molar-refractivity contribution in [1.82, 2.24) is 5.32 Å². The first kappa shape index (κ1) is 11.1. The second-order valence-electron chi connectivity index (χ2n) is 2.85. The average Bonchev–Trinajstić information content (AvgIpc) is 2.18. The molecule has 0 saturated carbocycles. The summed E-state index contributed by atoms with van der Waals surface area (Å²) in [6.07, 6.45) is 5.04. The van der Waals surface area contributed by atoms with Gasteiger partial charge >= 0.3 is 0 Å². The number of nitrogens with one attached hydrogen (secondary N) is 1. The van der Waals surface area contributed by atoms with E-state index in [1.165, 1.54) is 0 Å². The largest absolute Gasteiger partial charge is 0.341 e. The number of amides is 1. The fourth-order valence-electron chi connectivity index (χ4n) is 1.02. The van der Waals surface area contributed by atoms with Crippen molar-refractivity contribution in [2.45, 2.75) is 6.92 Å². The second-order valence-corrected chi connectivity index (χ2v) is 4.01. The standard InChI is InChI=1S/C11H10INO/c1-3-6-13-11(14)9-4-5-10(12)8(2)7-9/h1,4-5,7H,6H2,2H3,(H,13,14). The number of terminal acetylenes is 1. The lowest BCUT2D eigenvalue weighted by atomic mass is 10.1. The summed E-state index contributed by atoms with van der Waals surface area (Å²) >= 11 is 2.23. The maximum atomic E-state index is 11.5. The Morgan fingerprint density at radius 1 is 1.64 bits per heavy atom. The molecule has 0 bridgehead atoms. The zero-order chi connectivity index (χ0) is 10.6. The molecule has 0 spiro atoms. The summed E-state index contributed by atoms with van der Waals surface area (Å²) in [4.78, 5) is 11.5. The molecular weight excluding hydrogens is 289 g/mol. The van der Waals surface area contributed by atoms with E-state index in [9.17, 15) is 4.79 Å². The SMILES string of the molecule is C#CCNC(=O)c1ccc(I)c(C)c1. The maximum Gasteiger partial charge on any atom is 0.252 e. The Bertz CT molecular complexity index is 393. The van der Waals surface area contributed by atoms with E-state index < -0.39 is 0 Å². The summed E-state index contributed by atoms with van der Waals surface area (Å²) in [6.45, 7) is 2.24. The molecule has 0 aliphatic rings. The van der Waals surface area contributed by atoms with Crippen molar-refractivity contribution in [2.75, 3.05) is 6.54 Å². The number of hydrogen-bond acceptors (Lipinski definition) is 1. The highest BCUT2D eigenvalue weighted by Gasteiger charge is 2.04. The molecule has 1 rings (SSSR count). The van der Waals surface area contributed by atoms with Crippen molar-refractivity contribution >= 4 is 28.5 Å². The van der Waals surface area contributed by atoms with Crippen LogP contribution in [0.3, 0.4) is 0 Å². The molecule has 1 amide bonds. The molecule has 1 aromatic rings. The van der Waals surface area contributed by atoms with Gasteiger partial charge in [-0.2, -0.15) is 0 Å². The Kier molecular flexibility index (Phi) is 3.96. The summed E-state index contributed by atoms with van der Waals surface area (Å²) in [5.41, 5.74) is 1.75. The third-order valence-electron chi connectivity index (χ3n) is 1.77. The molecular formula is C11H10INO. The van der Waals surface area contributed by atoms with Crippen molar-refractivity contribution < 1.29 is 4.79 Å². The normalized spacial score (nSPS) is 9.21. The highest BCUT2D eigenvalue weighted by Crippen LogP contribution is 2.12. The molecule has 72 valence electrons. The number of halogens is 1. The lowest BCUT2D eigenvalue weighted by molar-refractivity contribution is 0.0958. The first-order valence-electron chi connectivity index (χ1n) is 4.13. The number of carbonyl (C=O) groups is 1. The van der Waals surface area contributed by atoms with E-state index in [0.717, 1.165) is 9.13 Å². The summed E-state index contributed by atoms with van der Waals surface area (Å²) in [5, 5.41) is 2.62. The summed E-state index contributed by atoms with van der Waals surface area (Å²) < 4.78 is 1.15. The van der Waals surface area contributed by atoms with E-state index >= 15 is 0 Å². The van der Waals surface area contributed by atoms with E-state index in [2.05, 4.69) is 33.8 Å². The molecule has 1 aromatic carbocycles. The number of rotatable bonds is 2.